The van der Waals surface area contributed by atoms with Crippen LogP contribution in [0.4, 0.5) is 5.69 Å². The van der Waals surface area contributed by atoms with Crippen LogP contribution in [0.25, 0.3) is 11.1 Å². The van der Waals surface area contributed by atoms with E-state index in [0.717, 1.165) is 21.7 Å². The molecule has 0 aliphatic rings. The number of anilines is 1. The molecular formula is C18H15NOS. The van der Waals surface area contributed by atoms with Crippen molar-refractivity contribution in [2.24, 2.45) is 0 Å². The van der Waals surface area contributed by atoms with Gasteiger partial charge in [0.25, 0.3) is 5.91 Å². The van der Waals surface area contributed by atoms with Crippen LogP contribution in [0.2, 0.25) is 0 Å². The van der Waals surface area contributed by atoms with Crippen LogP contribution >= 0.6 is 11.3 Å². The summed E-state index contributed by atoms with van der Waals surface area (Å²) in [5.41, 5.74) is 4.03. The number of amides is 1. The van der Waals surface area contributed by atoms with Gasteiger partial charge in [-0.2, -0.15) is 0 Å². The highest BCUT2D eigenvalue weighted by molar-refractivity contribution is 7.12. The fraction of sp³-hybridized carbons (Fsp3) is 0.0556. The maximum atomic E-state index is 12.5. The molecule has 1 amide bonds. The van der Waals surface area contributed by atoms with Crippen LogP contribution in [0.3, 0.4) is 0 Å². The maximum Gasteiger partial charge on any atom is 0.266 e. The Morgan fingerprint density at radius 2 is 1.67 bits per heavy atom. The number of carbonyl (C=O) groups is 1. The van der Waals surface area contributed by atoms with Crippen LogP contribution in [0, 0.1) is 6.92 Å². The second-order valence-corrected chi connectivity index (χ2v) is 5.77. The summed E-state index contributed by atoms with van der Waals surface area (Å²) >= 11 is 1.46. The third-order valence-electron chi connectivity index (χ3n) is 3.27. The fourth-order valence-electron chi connectivity index (χ4n) is 2.15. The predicted octanol–water partition coefficient (Wildman–Crippen LogP) is 4.98. The number of nitrogens with one attached hydrogen (secondary N) is 1. The predicted molar refractivity (Wildman–Crippen MR) is 88.9 cm³/mol. The van der Waals surface area contributed by atoms with Crippen molar-refractivity contribution >= 4 is 22.9 Å². The average molecular weight is 293 g/mol. The van der Waals surface area contributed by atoms with Crippen LogP contribution < -0.4 is 5.32 Å². The monoisotopic (exact) mass is 293 g/mol. The first-order valence-corrected chi connectivity index (χ1v) is 7.63. The Labute approximate surface area is 128 Å². The molecule has 1 heterocycles. The molecule has 3 aromatic rings. The van der Waals surface area contributed by atoms with Gasteiger partial charge in [-0.05, 0) is 36.1 Å². The van der Waals surface area contributed by atoms with Crippen molar-refractivity contribution < 1.29 is 4.79 Å². The Morgan fingerprint density at radius 1 is 0.952 bits per heavy atom. The molecule has 3 rings (SSSR count). The van der Waals surface area contributed by atoms with Gasteiger partial charge in [-0.15, -0.1) is 11.3 Å². The van der Waals surface area contributed by atoms with Crippen molar-refractivity contribution in [1.29, 1.82) is 0 Å². The Balaban J connectivity index is 1.86. The number of rotatable bonds is 3. The summed E-state index contributed by atoms with van der Waals surface area (Å²) in [6.07, 6.45) is 0. The molecule has 1 N–H and O–H groups in total. The van der Waals surface area contributed by atoms with E-state index >= 15 is 0 Å². The van der Waals surface area contributed by atoms with E-state index < -0.39 is 0 Å². The van der Waals surface area contributed by atoms with Crippen molar-refractivity contribution in [2.45, 2.75) is 6.92 Å². The highest BCUT2D eigenvalue weighted by atomic mass is 32.1. The van der Waals surface area contributed by atoms with Crippen molar-refractivity contribution in [3.05, 3.63) is 76.5 Å². The lowest BCUT2D eigenvalue weighted by atomic mass is 10.1. The second-order valence-electron chi connectivity index (χ2n) is 4.85. The molecule has 2 nitrogen and oxygen atoms in total. The van der Waals surface area contributed by atoms with Gasteiger partial charge >= 0.3 is 0 Å². The minimum atomic E-state index is -0.0623. The minimum absolute atomic E-state index is 0.0623. The second kappa shape index (κ2) is 5.94. The molecule has 0 fully saturated rings. The molecule has 0 saturated carbocycles. The van der Waals surface area contributed by atoms with Gasteiger partial charge in [0.15, 0.2) is 0 Å². The van der Waals surface area contributed by atoms with E-state index in [-0.39, 0.29) is 5.91 Å². The number of hydrogen-bond donors (Lipinski definition) is 1. The van der Waals surface area contributed by atoms with Crippen molar-refractivity contribution in [1.82, 2.24) is 0 Å². The van der Waals surface area contributed by atoms with Crippen LogP contribution in [0.1, 0.15) is 15.2 Å². The van der Waals surface area contributed by atoms with Crippen LogP contribution in [0.15, 0.2) is 66.0 Å². The van der Waals surface area contributed by atoms with E-state index in [1.54, 1.807) is 0 Å². The average Bonchev–Trinajstić information content (AvgIpc) is 3.00. The zero-order chi connectivity index (χ0) is 14.7. The Hall–Kier alpha value is -2.39. The zero-order valence-corrected chi connectivity index (χ0v) is 12.5. The molecule has 0 saturated heterocycles. The number of aryl methyl sites for hydroxylation is 1. The number of carbonyl (C=O) groups excluding carboxylic acids is 1. The van der Waals surface area contributed by atoms with E-state index in [1.165, 1.54) is 16.9 Å². The number of thiophene rings is 1. The molecule has 0 spiro atoms. The maximum absolute atomic E-state index is 12.5. The van der Waals surface area contributed by atoms with Gasteiger partial charge in [0.2, 0.25) is 0 Å². The topological polar surface area (TPSA) is 29.1 Å². The zero-order valence-electron chi connectivity index (χ0n) is 11.7. The van der Waals surface area contributed by atoms with E-state index in [9.17, 15) is 4.79 Å². The summed E-state index contributed by atoms with van der Waals surface area (Å²) < 4.78 is 0. The van der Waals surface area contributed by atoms with E-state index in [1.807, 2.05) is 73.0 Å². The van der Waals surface area contributed by atoms with Gasteiger partial charge in [0.1, 0.15) is 0 Å². The lowest BCUT2D eigenvalue weighted by molar-refractivity contribution is 0.103. The number of benzene rings is 2. The van der Waals surface area contributed by atoms with Gasteiger partial charge in [0.05, 0.1) is 4.88 Å². The highest BCUT2D eigenvalue weighted by Gasteiger charge is 2.14. The van der Waals surface area contributed by atoms with Gasteiger partial charge in [-0.1, -0.05) is 48.0 Å². The molecule has 104 valence electrons. The SMILES string of the molecule is Cc1ccc(NC(=O)c2sccc2-c2ccccc2)cc1. The molecule has 0 radical (unpaired) electrons. The smallest absolute Gasteiger partial charge is 0.266 e. The third-order valence-corrected chi connectivity index (χ3v) is 4.18. The highest BCUT2D eigenvalue weighted by Crippen LogP contribution is 2.28. The van der Waals surface area contributed by atoms with Gasteiger partial charge < -0.3 is 5.32 Å². The Morgan fingerprint density at radius 3 is 2.38 bits per heavy atom. The minimum Gasteiger partial charge on any atom is -0.321 e. The molecule has 0 unspecified atom stereocenters. The molecule has 1 aromatic heterocycles. The summed E-state index contributed by atoms with van der Waals surface area (Å²) in [6.45, 7) is 2.03. The van der Waals surface area contributed by atoms with E-state index in [4.69, 9.17) is 0 Å². The lowest BCUT2D eigenvalue weighted by Gasteiger charge is -2.06. The Kier molecular flexibility index (Phi) is 3.84. The largest absolute Gasteiger partial charge is 0.321 e. The summed E-state index contributed by atoms with van der Waals surface area (Å²) in [5.74, 6) is -0.0623. The molecule has 0 bridgehead atoms. The molecule has 0 atom stereocenters. The van der Waals surface area contributed by atoms with Crippen LogP contribution in [0.5, 0.6) is 0 Å². The first kappa shape index (κ1) is 13.6. The molecule has 21 heavy (non-hydrogen) atoms. The quantitative estimate of drug-likeness (QED) is 0.725. The Bertz CT molecular complexity index is 744. The first-order valence-electron chi connectivity index (χ1n) is 6.75. The summed E-state index contributed by atoms with van der Waals surface area (Å²) in [6, 6.07) is 19.8. The van der Waals surface area contributed by atoms with Gasteiger partial charge in [-0.25, -0.2) is 0 Å². The third kappa shape index (κ3) is 3.03. The number of hydrogen-bond acceptors (Lipinski definition) is 2. The van der Waals surface area contributed by atoms with Crippen molar-refractivity contribution in [2.75, 3.05) is 5.32 Å². The molecule has 0 aliphatic carbocycles. The molecular weight excluding hydrogens is 278 g/mol. The summed E-state index contributed by atoms with van der Waals surface area (Å²) in [5, 5.41) is 4.90. The fourth-order valence-corrected chi connectivity index (χ4v) is 2.97. The van der Waals surface area contributed by atoms with Crippen LogP contribution in [-0.4, -0.2) is 5.91 Å². The van der Waals surface area contributed by atoms with Crippen molar-refractivity contribution in [3.63, 3.8) is 0 Å². The standard InChI is InChI=1S/C18H15NOS/c1-13-7-9-15(10-8-13)19-18(20)17-16(11-12-21-17)14-5-3-2-4-6-14/h2-12H,1H3,(H,19,20). The van der Waals surface area contributed by atoms with E-state index in [0.29, 0.717) is 0 Å². The molecule has 0 aliphatic heterocycles. The van der Waals surface area contributed by atoms with Gasteiger partial charge in [0, 0.05) is 11.3 Å². The normalized spacial score (nSPS) is 10.3. The first-order chi connectivity index (χ1) is 10.2. The van der Waals surface area contributed by atoms with E-state index in [2.05, 4.69) is 5.32 Å². The summed E-state index contributed by atoms with van der Waals surface area (Å²) in [4.78, 5) is 13.2. The van der Waals surface area contributed by atoms with Crippen molar-refractivity contribution in [3.8, 4) is 11.1 Å². The summed E-state index contributed by atoms with van der Waals surface area (Å²) in [7, 11) is 0. The lowest BCUT2D eigenvalue weighted by Crippen LogP contribution is -2.11. The molecule has 2 aromatic carbocycles. The molecule has 3 heteroatoms. The van der Waals surface area contributed by atoms with Gasteiger partial charge in [-0.3, -0.25) is 4.79 Å². The van der Waals surface area contributed by atoms with Crippen LogP contribution in [-0.2, 0) is 0 Å².